The fourth-order valence-electron chi connectivity index (χ4n) is 1.80. The Morgan fingerprint density at radius 3 is 3.13 bits per heavy atom. The molecule has 1 saturated heterocycles. The topological polar surface area (TPSA) is 12.0 Å². The van der Waals surface area contributed by atoms with E-state index in [9.17, 15) is 0 Å². The lowest BCUT2D eigenvalue weighted by Gasteiger charge is -2.15. The van der Waals surface area contributed by atoms with E-state index >= 15 is 0 Å². The average Bonchev–Trinajstić information content (AvgIpc) is 2.43. The molecule has 1 N–H and O–H groups in total. The lowest BCUT2D eigenvalue weighted by Crippen LogP contribution is -2.22. The first-order valence-corrected chi connectivity index (χ1v) is 6.79. The molecule has 1 aliphatic heterocycles. The van der Waals surface area contributed by atoms with Gasteiger partial charge in [0.1, 0.15) is 0 Å². The van der Waals surface area contributed by atoms with Crippen LogP contribution >= 0.6 is 23.4 Å². The molecule has 1 aromatic carbocycles. The van der Waals surface area contributed by atoms with Crippen LogP contribution in [0.5, 0.6) is 0 Å². The summed E-state index contributed by atoms with van der Waals surface area (Å²) in [5.74, 6) is 1.14. The van der Waals surface area contributed by atoms with Gasteiger partial charge in [-0.15, -0.1) is 0 Å². The molecule has 0 saturated carbocycles. The van der Waals surface area contributed by atoms with Gasteiger partial charge in [0.25, 0.3) is 0 Å². The molecule has 0 aliphatic carbocycles. The SMILES string of the molecule is CC1CCNC(c2cccc(Cl)c2)CS1. The fraction of sp³-hybridized carbons (Fsp3) is 0.500. The lowest BCUT2D eigenvalue weighted by atomic mass is 10.1. The Bertz CT molecular complexity index is 329. The molecule has 0 bridgehead atoms. The largest absolute Gasteiger partial charge is 0.309 e. The van der Waals surface area contributed by atoms with E-state index in [1.807, 2.05) is 23.9 Å². The van der Waals surface area contributed by atoms with Crippen molar-refractivity contribution in [2.75, 3.05) is 12.3 Å². The van der Waals surface area contributed by atoms with Crippen LogP contribution in [0.15, 0.2) is 24.3 Å². The summed E-state index contributed by atoms with van der Waals surface area (Å²) in [6, 6.07) is 8.63. The van der Waals surface area contributed by atoms with Gasteiger partial charge in [-0.2, -0.15) is 11.8 Å². The van der Waals surface area contributed by atoms with Crippen LogP contribution in [0.2, 0.25) is 5.02 Å². The Kier molecular flexibility index (Phi) is 3.95. The first-order valence-electron chi connectivity index (χ1n) is 5.36. The van der Waals surface area contributed by atoms with Gasteiger partial charge in [-0.05, 0) is 30.7 Å². The molecule has 82 valence electrons. The molecular formula is C12H16ClNS. The van der Waals surface area contributed by atoms with Crippen LogP contribution in [-0.4, -0.2) is 17.5 Å². The second-order valence-electron chi connectivity index (χ2n) is 3.99. The van der Waals surface area contributed by atoms with Crippen molar-refractivity contribution in [3.8, 4) is 0 Å². The zero-order valence-electron chi connectivity index (χ0n) is 8.87. The van der Waals surface area contributed by atoms with E-state index in [1.54, 1.807) is 0 Å². The minimum Gasteiger partial charge on any atom is -0.309 e. The van der Waals surface area contributed by atoms with E-state index in [0.717, 1.165) is 22.6 Å². The summed E-state index contributed by atoms with van der Waals surface area (Å²) >= 11 is 8.04. The third-order valence-corrected chi connectivity index (χ3v) is 4.31. The Hall–Kier alpha value is -0.180. The first-order chi connectivity index (χ1) is 7.25. The monoisotopic (exact) mass is 241 g/mol. The van der Waals surface area contributed by atoms with Crippen molar-refractivity contribution in [2.24, 2.45) is 0 Å². The zero-order valence-corrected chi connectivity index (χ0v) is 10.4. The van der Waals surface area contributed by atoms with Crippen LogP contribution in [0.1, 0.15) is 24.9 Å². The van der Waals surface area contributed by atoms with Gasteiger partial charge in [0.2, 0.25) is 0 Å². The summed E-state index contributed by atoms with van der Waals surface area (Å²) in [4.78, 5) is 0. The molecule has 2 unspecified atom stereocenters. The number of nitrogens with one attached hydrogen (secondary N) is 1. The summed E-state index contributed by atoms with van der Waals surface area (Å²) in [6.45, 7) is 3.40. The third-order valence-electron chi connectivity index (χ3n) is 2.74. The van der Waals surface area contributed by atoms with Crippen molar-refractivity contribution in [1.82, 2.24) is 5.32 Å². The number of halogens is 1. The van der Waals surface area contributed by atoms with E-state index in [1.165, 1.54) is 12.0 Å². The molecule has 0 radical (unpaired) electrons. The Labute approximate surface area is 101 Å². The molecule has 1 aliphatic rings. The molecule has 3 heteroatoms. The van der Waals surface area contributed by atoms with E-state index in [0.29, 0.717) is 6.04 Å². The standard InChI is InChI=1S/C12H16ClNS/c1-9-5-6-14-12(8-15-9)10-3-2-4-11(13)7-10/h2-4,7,9,12,14H,5-6,8H2,1H3. The zero-order chi connectivity index (χ0) is 10.7. The molecule has 1 aromatic rings. The van der Waals surface area contributed by atoms with Gasteiger partial charge in [-0.3, -0.25) is 0 Å². The minimum absolute atomic E-state index is 0.457. The summed E-state index contributed by atoms with van der Waals surface area (Å²) in [5, 5.41) is 5.17. The van der Waals surface area contributed by atoms with Crippen molar-refractivity contribution < 1.29 is 0 Å². The molecule has 0 aromatic heterocycles. The molecule has 15 heavy (non-hydrogen) atoms. The summed E-state index contributed by atoms with van der Waals surface area (Å²) < 4.78 is 0. The molecule has 2 rings (SSSR count). The van der Waals surface area contributed by atoms with Crippen LogP contribution in [0, 0.1) is 0 Å². The van der Waals surface area contributed by atoms with Gasteiger partial charge < -0.3 is 5.32 Å². The number of benzene rings is 1. The number of hydrogen-bond donors (Lipinski definition) is 1. The molecule has 1 heterocycles. The summed E-state index contributed by atoms with van der Waals surface area (Å²) in [7, 11) is 0. The van der Waals surface area contributed by atoms with Gasteiger partial charge in [-0.1, -0.05) is 30.7 Å². The van der Waals surface area contributed by atoms with Gasteiger partial charge in [0.05, 0.1) is 0 Å². The molecule has 0 spiro atoms. The van der Waals surface area contributed by atoms with Gasteiger partial charge >= 0.3 is 0 Å². The highest BCUT2D eigenvalue weighted by Gasteiger charge is 2.17. The van der Waals surface area contributed by atoms with E-state index in [2.05, 4.69) is 24.4 Å². The van der Waals surface area contributed by atoms with Gasteiger partial charge in [0.15, 0.2) is 0 Å². The highest BCUT2D eigenvalue weighted by atomic mass is 35.5. The normalized spacial score (nSPS) is 27.3. The second-order valence-corrected chi connectivity index (χ2v) is 5.90. The fourth-order valence-corrected chi connectivity index (χ4v) is 3.12. The Morgan fingerprint density at radius 2 is 2.33 bits per heavy atom. The number of rotatable bonds is 1. The molecule has 1 nitrogen and oxygen atoms in total. The number of hydrogen-bond acceptors (Lipinski definition) is 2. The maximum Gasteiger partial charge on any atom is 0.0412 e. The van der Waals surface area contributed by atoms with Crippen LogP contribution in [0.25, 0.3) is 0 Å². The number of thioether (sulfide) groups is 1. The molecule has 1 fully saturated rings. The van der Waals surface area contributed by atoms with Crippen LogP contribution in [-0.2, 0) is 0 Å². The molecule has 2 atom stereocenters. The highest BCUT2D eigenvalue weighted by molar-refractivity contribution is 7.99. The third kappa shape index (κ3) is 3.13. The second kappa shape index (κ2) is 5.24. The van der Waals surface area contributed by atoms with E-state index in [-0.39, 0.29) is 0 Å². The van der Waals surface area contributed by atoms with Crippen molar-refractivity contribution in [3.63, 3.8) is 0 Å². The minimum atomic E-state index is 0.457. The Morgan fingerprint density at radius 1 is 1.47 bits per heavy atom. The predicted octanol–water partition coefficient (Wildman–Crippen LogP) is 3.50. The van der Waals surface area contributed by atoms with Gasteiger partial charge in [-0.25, -0.2) is 0 Å². The van der Waals surface area contributed by atoms with Crippen molar-refractivity contribution in [3.05, 3.63) is 34.9 Å². The van der Waals surface area contributed by atoms with Crippen molar-refractivity contribution >= 4 is 23.4 Å². The average molecular weight is 242 g/mol. The first kappa shape index (κ1) is 11.3. The maximum atomic E-state index is 6.00. The maximum absolute atomic E-state index is 6.00. The summed E-state index contributed by atoms with van der Waals surface area (Å²) in [5.41, 5.74) is 1.31. The smallest absolute Gasteiger partial charge is 0.0412 e. The summed E-state index contributed by atoms with van der Waals surface area (Å²) in [6.07, 6.45) is 1.25. The van der Waals surface area contributed by atoms with E-state index < -0.39 is 0 Å². The van der Waals surface area contributed by atoms with Crippen molar-refractivity contribution in [2.45, 2.75) is 24.6 Å². The van der Waals surface area contributed by atoms with Crippen LogP contribution in [0.4, 0.5) is 0 Å². The molecule has 0 amide bonds. The lowest BCUT2D eigenvalue weighted by molar-refractivity contribution is 0.579. The van der Waals surface area contributed by atoms with Crippen molar-refractivity contribution in [1.29, 1.82) is 0 Å². The molecular weight excluding hydrogens is 226 g/mol. The quantitative estimate of drug-likeness (QED) is 0.808. The predicted molar refractivity (Wildman–Crippen MR) is 68.7 cm³/mol. The van der Waals surface area contributed by atoms with E-state index in [4.69, 9.17) is 11.6 Å². The Balaban J connectivity index is 2.09. The van der Waals surface area contributed by atoms with Crippen LogP contribution < -0.4 is 5.32 Å². The van der Waals surface area contributed by atoms with Gasteiger partial charge in [0, 0.05) is 22.1 Å². The van der Waals surface area contributed by atoms with Crippen LogP contribution in [0.3, 0.4) is 0 Å². The highest BCUT2D eigenvalue weighted by Crippen LogP contribution is 2.27.